The van der Waals surface area contributed by atoms with Gasteiger partial charge in [0.1, 0.15) is 0 Å². The van der Waals surface area contributed by atoms with Gasteiger partial charge < -0.3 is 10.3 Å². The van der Waals surface area contributed by atoms with Crippen LogP contribution in [0.1, 0.15) is 69.1 Å². The molecule has 1 aromatic rings. The largest absolute Gasteiger partial charge is 0.346 e. The highest BCUT2D eigenvalue weighted by Gasteiger charge is 2.36. The Balaban J connectivity index is 2.01. The van der Waals surface area contributed by atoms with Crippen molar-refractivity contribution in [2.45, 2.75) is 65.5 Å². The second-order valence-corrected chi connectivity index (χ2v) is 7.44. The Morgan fingerprint density at radius 1 is 1.33 bits per heavy atom. The molecule has 2 aliphatic carbocycles. The highest BCUT2D eigenvalue weighted by molar-refractivity contribution is 5.35. The number of fused-ring (bicyclic) bond motifs is 1. The summed E-state index contributed by atoms with van der Waals surface area (Å²) in [6.07, 6.45) is 4.99. The van der Waals surface area contributed by atoms with E-state index in [9.17, 15) is 0 Å². The quantitative estimate of drug-likeness (QED) is 0.804. The van der Waals surface area contributed by atoms with Crippen molar-refractivity contribution >= 4 is 0 Å². The molecule has 0 spiro atoms. The van der Waals surface area contributed by atoms with Crippen LogP contribution in [0.3, 0.4) is 0 Å². The Kier molecular flexibility index (Phi) is 2.64. The predicted molar refractivity (Wildman–Crippen MR) is 75.6 cm³/mol. The summed E-state index contributed by atoms with van der Waals surface area (Å²) in [4.78, 5) is 0. The van der Waals surface area contributed by atoms with E-state index >= 15 is 0 Å². The average Bonchev–Trinajstić information content (AvgIpc) is 2.49. The molecule has 1 atom stereocenters. The summed E-state index contributed by atoms with van der Waals surface area (Å²) in [5.74, 6) is 0.901. The van der Waals surface area contributed by atoms with Gasteiger partial charge in [0.15, 0.2) is 0 Å². The van der Waals surface area contributed by atoms with Crippen LogP contribution in [0.2, 0.25) is 0 Å². The minimum Gasteiger partial charge on any atom is -0.346 e. The molecular weight excluding hydrogens is 220 g/mol. The van der Waals surface area contributed by atoms with E-state index in [-0.39, 0.29) is 6.04 Å². The molecule has 100 valence electrons. The van der Waals surface area contributed by atoms with Crippen LogP contribution in [-0.2, 0) is 6.42 Å². The van der Waals surface area contributed by atoms with Crippen LogP contribution in [0, 0.1) is 18.3 Å². The van der Waals surface area contributed by atoms with Crippen LogP contribution in [0.25, 0.3) is 0 Å². The van der Waals surface area contributed by atoms with Crippen molar-refractivity contribution in [1.29, 1.82) is 0 Å². The van der Waals surface area contributed by atoms with E-state index in [1.165, 1.54) is 36.2 Å². The number of rotatable bonds is 1. The van der Waals surface area contributed by atoms with Crippen molar-refractivity contribution in [1.82, 2.24) is 4.57 Å². The van der Waals surface area contributed by atoms with Crippen molar-refractivity contribution in [2.24, 2.45) is 17.1 Å². The van der Waals surface area contributed by atoms with Crippen LogP contribution in [0.5, 0.6) is 0 Å². The Hall–Kier alpha value is -0.760. The number of nitrogens with zero attached hydrogens (tertiary/aromatic N) is 1. The molecule has 18 heavy (non-hydrogen) atoms. The van der Waals surface area contributed by atoms with Gasteiger partial charge in [0, 0.05) is 23.5 Å². The normalized spacial score (nSPS) is 33.9. The minimum absolute atomic E-state index is 0.237. The van der Waals surface area contributed by atoms with Gasteiger partial charge in [-0.2, -0.15) is 0 Å². The zero-order chi connectivity index (χ0) is 13.1. The van der Waals surface area contributed by atoms with Gasteiger partial charge in [-0.25, -0.2) is 0 Å². The van der Waals surface area contributed by atoms with Crippen LogP contribution >= 0.6 is 0 Å². The first-order chi connectivity index (χ1) is 8.37. The summed E-state index contributed by atoms with van der Waals surface area (Å²) in [6.45, 7) is 9.32. The summed E-state index contributed by atoms with van der Waals surface area (Å²) in [5.41, 5.74) is 11.1. The fraction of sp³-hybridized carbons (Fsp3) is 0.750. The summed E-state index contributed by atoms with van der Waals surface area (Å²) in [7, 11) is 0. The highest BCUT2D eigenvalue weighted by Crippen LogP contribution is 2.45. The molecule has 1 aromatic heterocycles. The lowest BCUT2D eigenvalue weighted by atomic mass is 9.74. The molecule has 0 amide bonds. The number of hydrogen-bond acceptors (Lipinski definition) is 1. The van der Waals surface area contributed by atoms with Crippen molar-refractivity contribution in [3.05, 3.63) is 23.0 Å². The Labute approximate surface area is 111 Å². The fourth-order valence-corrected chi connectivity index (χ4v) is 4.05. The maximum Gasteiger partial charge on any atom is 0.0341 e. The molecule has 2 N–H and O–H groups in total. The van der Waals surface area contributed by atoms with E-state index in [4.69, 9.17) is 5.73 Å². The molecule has 3 rings (SSSR count). The summed E-state index contributed by atoms with van der Waals surface area (Å²) < 4.78 is 2.61. The molecule has 2 nitrogen and oxygen atoms in total. The van der Waals surface area contributed by atoms with Gasteiger partial charge in [0.2, 0.25) is 0 Å². The first-order valence-corrected chi connectivity index (χ1v) is 7.33. The van der Waals surface area contributed by atoms with Crippen LogP contribution in [-0.4, -0.2) is 4.57 Å². The molecule has 0 radical (unpaired) electrons. The second-order valence-electron chi connectivity index (χ2n) is 7.44. The third kappa shape index (κ3) is 1.82. The predicted octanol–water partition coefficient (Wildman–Crippen LogP) is 3.74. The summed E-state index contributed by atoms with van der Waals surface area (Å²) >= 11 is 0. The number of hydrogen-bond donors (Lipinski definition) is 1. The highest BCUT2D eigenvalue weighted by atomic mass is 15.1. The molecule has 0 aromatic carbocycles. The van der Waals surface area contributed by atoms with Crippen molar-refractivity contribution in [3.8, 4) is 0 Å². The van der Waals surface area contributed by atoms with Gasteiger partial charge in [0.05, 0.1) is 0 Å². The molecule has 0 saturated heterocycles. The van der Waals surface area contributed by atoms with Gasteiger partial charge in [-0.05, 0) is 55.6 Å². The molecule has 0 bridgehead atoms. The lowest BCUT2D eigenvalue weighted by Gasteiger charge is -2.40. The first kappa shape index (κ1) is 12.3. The monoisotopic (exact) mass is 246 g/mol. The lowest BCUT2D eigenvalue weighted by molar-refractivity contribution is 0.198. The average molecular weight is 246 g/mol. The van der Waals surface area contributed by atoms with Crippen LogP contribution < -0.4 is 5.73 Å². The Bertz CT molecular complexity index is 464. The third-order valence-electron chi connectivity index (χ3n) is 4.90. The molecule has 1 heterocycles. The maximum absolute atomic E-state index is 6.38. The molecular formula is C16H26N2. The topological polar surface area (TPSA) is 30.9 Å². The molecule has 2 heteroatoms. The lowest BCUT2D eigenvalue weighted by Crippen LogP contribution is -2.33. The van der Waals surface area contributed by atoms with E-state index in [0.717, 1.165) is 18.4 Å². The second kappa shape index (κ2) is 3.86. The standard InChI is InChI=1S/C16H26N2/c1-10-5-12(6-10)18-11(2)7-13-14(17)8-16(3,4)9-15(13)18/h7,10,12,14H,5-6,8-9,17H2,1-4H3. The fourth-order valence-electron chi connectivity index (χ4n) is 4.05. The smallest absolute Gasteiger partial charge is 0.0341 e. The molecule has 2 aliphatic rings. The molecule has 0 aliphatic heterocycles. The van der Waals surface area contributed by atoms with Crippen molar-refractivity contribution in [3.63, 3.8) is 0 Å². The van der Waals surface area contributed by atoms with E-state index in [0.29, 0.717) is 5.41 Å². The van der Waals surface area contributed by atoms with E-state index in [1.54, 1.807) is 0 Å². The van der Waals surface area contributed by atoms with Crippen molar-refractivity contribution in [2.75, 3.05) is 0 Å². The minimum atomic E-state index is 0.237. The Morgan fingerprint density at radius 2 is 2.00 bits per heavy atom. The molecule has 1 saturated carbocycles. The molecule has 1 unspecified atom stereocenters. The third-order valence-corrected chi connectivity index (χ3v) is 4.90. The van der Waals surface area contributed by atoms with E-state index < -0.39 is 0 Å². The van der Waals surface area contributed by atoms with Gasteiger partial charge in [-0.15, -0.1) is 0 Å². The summed E-state index contributed by atoms with van der Waals surface area (Å²) in [6, 6.07) is 3.32. The van der Waals surface area contributed by atoms with Gasteiger partial charge in [0.25, 0.3) is 0 Å². The van der Waals surface area contributed by atoms with E-state index in [1.807, 2.05) is 0 Å². The van der Waals surface area contributed by atoms with Crippen LogP contribution in [0.15, 0.2) is 6.07 Å². The molecule has 1 fully saturated rings. The SMILES string of the molecule is Cc1cc2c(n1C1CC(C)C1)CC(C)(C)CC2N. The van der Waals surface area contributed by atoms with Crippen molar-refractivity contribution < 1.29 is 0 Å². The van der Waals surface area contributed by atoms with Crippen LogP contribution in [0.4, 0.5) is 0 Å². The first-order valence-electron chi connectivity index (χ1n) is 7.33. The van der Waals surface area contributed by atoms with Gasteiger partial charge >= 0.3 is 0 Å². The Morgan fingerprint density at radius 3 is 2.61 bits per heavy atom. The maximum atomic E-state index is 6.38. The zero-order valence-corrected chi connectivity index (χ0v) is 12.2. The summed E-state index contributed by atoms with van der Waals surface area (Å²) in [5, 5.41) is 0. The zero-order valence-electron chi connectivity index (χ0n) is 12.2. The number of aryl methyl sites for hydroxylation is 1. The van der Waals surface area contributed by atoms with E-state index in [2.05, 4.69) is 38.3 Å². The number of nitrogens with two attached hydrogens (primary N) is 1. The van der Waals surface area contributed by atoms with Gasteiger partial charge in [-0.1, -0.05) is 20.8 Å². The number of aromatic nitrogens is 1. The van der Waals surface area contributed by atoms with Gasteiger partial charge in [-0.3, -0.25) is 0 Å².